The summed E-state index contributed by atoms with van der Waals surface area (Å²) in [5.74, 6) is 2.30. The first kappa shape index (κ1) is 12.2. The Morgan fingerprint density at radius 3 is 2.94 bits per heavy atom. The number of rotatable bonds is 4. The van der Waals surface area contributed by atoms with Gasteiger partial charge in [-0.15, -0.1) is 0 Å². The summed E-state index contributed by atoms with van der Waals surface area (Å²) < 4.78 is 0. The van der Waals surface area contributed by atoms with E-state index >= 15 is 0 Å². The van der Waals surface area contributed by atoms with Crippen LogP contribution in [0.25, 0.3) is 0 Å². The van der Waals surface area contributed by atoms with Crippen molar-refractivity contribution in [1.82, 2.24) is 14.9 Å². The molecule has 1 aliphatic heterocycles. The van der Waals surface area contributed by atoms with Crippen molar-refractivity contribution in [3.8, 4) is 0 Å². The van der Waals surface area contributed by atoms with Gasteiger partial charge in [0, 0.05) is 25.2 Å². The number of hydrogen-bond acceptors (Lipinski definition) is 4. The van der Waals surface area contributed by atoms with Crippen molar-refractivity contribution in [2.45, 2.75) is 32.2 Å². The van der Waals surface area contributed by atoms with Crippen LogP contribution in [0, 0.1) is 12.8 Å². The Morgan fingerprint density at radius 2 is 2.22 bits per heavy atom. The third-order valence-electron chi connectivity index (χ3n) is 3.76. The molecule has 2 aliphatic rings. The topological polar surface area (TPSA) is 41.1 Å². The summed E-state index contributed by atoms with van der Waals surface area (Å²) in [6.07, 6.45) is 4.10. The van der Waals surface area contributed by atoms with Gasteiger partial charge in [-0.25, -0.2) is 9.97 Å². The molecular formula is C13H19ClN4. The number of nitrogens with one attached hydrogen (secondary N) is 1. The van der Waals surface area contributed by atoms with Crippen molar-refractivity contribution in [2.24, 2.45) is 5.92 Å². The number of nitrogens with zero attached hydrogens (tertiary/aromatic N) is 3. The normalized spacial score (nSPS) is 24.4. The number of aromatic nitrogens is 2. The van der Waals surface area contributed by atoms with Crippen LogP contribution >= 0.6 is 11.6 Å². The van der Waals surface area contributed by atoms with E-state index in [0.29, 0.717) is 5.15 Å². The van der Waals surface area contributed by atoms with E-state index in [1.807, 2.05) is 6.92 Å². The summed E-state index contributed by atoms with van der Waals surface area (Å²) in [7, 11) is 0. The minimum atomic E-state index is 0.510. The average Bonchev–Trinajstić information content (AvgIpc) is 3.05. The van der Waals surface area contributed by atoms with E-state index in [9.17, 15) is 0 Å². The third-order valence-corrected chi connectivity index (χ3v) is 3.95. The smallest absolute Gasteiger partial charge is 0.134 e. The zero-order valence-electron chi connectivity index (χ0n) is 10.7. The molecule has 1 aromatic heterocycles. The van der Waals surface area contributed by atoms with Gasteiger partial charge >= 0.3 is 0 Å². The van der Waals surface area contributed by atoms with Crippen molar-refractivity contribution in [1.29, 1.82) is 0 Å². The van der Waals surface area contributed by atoms with Crippen LogP contribution in [0.4, 0.5) is 5.82 Å². The highest BCUT2D eigenvalue weighted by atomic mass is 35.5. The summed E-state index contributed by atoms with van der Waals surface area (Å²) in [4.78, 5) is 11.0. The van der Waals surface area contributed by atoms with Crippen molar-refractivity contribution in [3.05, 3.63) is 17.0 Å². The van der Waals surface area contributed by atoms with E-state index in [1.54, 1.807) is 6.07 Å². The van der Waals surface area contributed by atoms with Gasteiger partial charge in [-0.2, -0.15) is 0 Å². The van der Waals surface area contributed by atoms with E-state index < -0.39 is 0 Å². The number of aryl methyl sites for hydroxylation is 1. The predicted octanol–water partition coefficient (Wildman–Crippen LogP) is 2.33. The number of halogens is 1. The first-order valence-electron chi connectivity index (χ1n) is 6.70. The summed E-state index contributed by atoms with van der Waals surface area (Å²) in [5.41, 5.74) is 0. The fourth-order valence-electron chi connectivity index (χ4n) is 2.67. The lowest BCUT2D eigenvalue weighted by atomic mass is 10.1. The van der Waals surface area contributed by atoms with Gasteiger partial charge in [-0.05, 0) is 38.6 Å². The highest BCUT2D eigenvalue weighted by Crippen LogP contribution is 2.31. The first-order valence-corrected chi connectivity index (χ1v) is 7.07. The van der Waals surface area contributed by atoms with Crippen molar-refractivity contribution >= 4 is 17.4 Å². The van der Waals surface area contributed by atoms with Gasteiger partial charge in [0.05, 0.1) is 0 Å². The van der Waals surface area contributed by atoms with Gasteiger partial charge in [0.25, 0.3) is 0 Å². The van der Waals surface area contributed by atoms with Crippen molar-refractivity contribution < 1.29 is 0 Å². The Labute approximate surface area is 113 Å². The molecule has 2 fully saturated rings. The molecule has 0 spiro atoms. The van der Waals surface area contributed by atoms with Crippen molar-refractivity contribution in [2.75, 3.05) is 25.0 Å². The Bertz CT molecular complexity index is 413. The summed E-state index contributed by atoms with van der Waals surface area (Å²) in [5, 5.41) is 3.90. The van der Waals surface area contributed by atoms with E-state index in [4.69, 9.17) is 11.6 Å². The molecule has 1 aromatic rings. The number of hydrogen-bond donors (Lipinski definition) is 1. The Morgan fingerprint density at radius 1 is 1.39 bits per heavy atom. The summed E-state index contributed by atoms with van der Waals surface area (Å²) >= 11 is 5.92. The molecule has 1 N–H and O–H groups in total. The molecule has 3 rings (SSSR count). The SMILES string of the molecule is Cc1nc(Cl)cc(NCC2CCN(C3CC3)C2)n1. The molecule has 1 saturated heterocycles. The van der Waals surface area contributed by atoms with E-state index in [1.165, 1.54) is 32.4 Å². The van der Waals surface area contributed by atoms with Crippen LogP contribution in [0.15, 0.2) is 6.07 Å². The molecule has 0 radical (unpaired) electrons. The minimum absolute atomic E-state index is 0.510. The van der Waals surface area contributed by atoms with Crippen LogP contribution in [-0.2, 0) is 0 Å². The molecule has 0 amide bonds. The average molecular weight is 267 g/mol. The minimum Gasteiger partial charge on any atom is -0.370 e. The molecule has 4 nitrogen and oxygen atoms in total. The van der Waals surface area contributed by atoms with Gasteiger partial charge in [0.1, 0.15) is 16.8 Å². The lowest BCUT2D eigenvalue weighted by molar-refractivity contribution is 0.316. The third kappa shape index (κ3) is 2.93. The van der Waals surface area contributed by atoms with E-state index in [-0.39, 0.29) is 0 Å². The van der Waals surface area contributed by atoms with Gasteiger partial charge in [-0.3, -0.25) is 0 Å². The highest BCUT2D eigenvalue weighted by molar-refractivity contribution is 6.29. The molecule has 0 bridgehead atoms. The molecule has 1 atom stereocenters. The number of likely N-dealkylation sites (tertiary alicyclic amines) is 1. The fraction of sp³-hybridized carbons (Fsp3) is 0.692. The van der Waals surface area contributed by atoms with Gasteiger partial charge in [0.15, 0.2) is 0 Å². The molecule has 5 heteroatoms. The Hall–Kier alpha value is -0.870. The second kappa shape index (κ2) is 5.02. The molecule has 1 unspecified atom stereocenters. The van der Waals surface area contributed by atoms with E-state index in [0.717, 1.165) is 30.1 Å². The molecular weight excluding hydrogens is 248 g/mol. The van der Waals surface area contributed by atoms with Crippen LogP contribution in [-0.4, -0.2) is 40.5 Å². The highest BCUT2D eigenvalue weighted by Gasteiger charge is 2.34. The van der Waals surface area contributed by atoms with Gasteiger partial charge in [-0.1, -0.05) is 11.6 Å². The maximum atomic E-state index is 5.92. The molecule has 1 aliphatic carbocycles. The van der Waals surface area contributed by atoms with E-state index in [2.05, 4.69) is 20.2 Å². The molecule has 0 aromatic carbocycles. The van der Waals surface area contributed by atoms with Crippen LogP contribution in [0.3, 0.4) is 0 Å². The summed E-state index contributed by atoms with van der Waals surface area (Å²) in [6, 6.07) is 2.69. The lowest BCUT2D eigenvalue weighted by Crippen LogP contribution is -2.25. The Kier molecular flexibility index (Phi) is 3.39. The van der Waals surface area contributed by atoms with Crippen LogP contribution in [0.5, 0.6) is 0 Å². The molecule has 1 saturated carbocycles. The maximum absolute atomic E-state index is 5.92. The first-order chi connectivity index (χ1) is 8.70. The van der Waals surface area contributed by atoms with Gasteiger partial charge < -0.3 is 10.2 Å². The Balaban J connectivity index is 1.51. The standard InChI is InChI=1S/C13H19ClN4/c1-9-16-12(14)6-13(17-9)15-7-10-4-5-18(8-10)11-2-3-11/h6,10-11H,2-5,7-8H2,1H3,(H,15,16,17). The fourth-order valence-corrected chi connectivity index (χ4v) is 2.90. The predicted molar refractivity (Wildman–Crippen MR) is 73.0 cm³/mol. The van der Waals surface area contributed by atoms with Crippen LogP contribution in [0.1, 0.15) is 25.1 Å². The quantitative estimate of drug-likeness (QED) is 0.850. The largest absolute Gasteiger partial charge is 0.370 e. The maximum Gasteiger partial charge on any atom is 0.134 e. The number of anilines is 1. The second-order valence-electron chi connectivity index (χ2n) is 5.38. The van der Waals surface area contributed by atoms with Crippen LogP contribution < -0.4 is 5.32 Å². The summed E-state index contributed by atoms with van der Waals surface area (Å²) in [6.45, 7) is 5.34. The lowest BCUT2D eigenvalue weighted by Gasteiger charge is -2.15. The zero-order valence-corrected chi connectivity index (χ0v) is 11.5. The molecule has 98 valence electrons. The molecule has 2 heterocycles. The van der Waals surface area contributed by atoms with Gasteiger partial charge in [0.2, 0.25) is 0 Å². The zero-order chi connectivity index (χ0) is 12.5. The monoisotopic (exact) mass is 266 g/mol. The van der Waals surface area contributed by atoms with Crippen LogP contribution in [0.2, 0.25) is 5.15 Å². The van der Waals surface area contributed by atoms with Crippen molar-refractivity contribution in [3.63, 3.8) is 0 Å². The second-order valence-corrected chi connectivity index (χ2v) is 5.77. The molecule has 18 heavy (non-hydrogen) atoms.